The Balaban J connectivity index is 1.15. The molecular weight excluding hydrogens is 681 g/mol. The molecule has 56 heavy (non-hydrogen) atoms. The first-order valence-electron chi connectivity index (χ1n) is 19.1. The van der Waals surface area contributed by atoms with Crippen LogP contribution in [-0.4, -0.2) is 19.1 Å². The van der Waals surface area contributed by atoms with Crippen molar-refractivity contribution < 1.29 is 0 Å². The highest BCUT2D eigenvalue weighted by molar-refractivity contribution is 6.22. The number of hydrogen-bond acceptors (Lipinski definition) is 2. The van der Waals surface area contributed by atoms with E-state index in [4.69, 9.17) is 9.97 Å². The lowest BCUT2D eigenvalue weighted by atomic mass is 10.0. The predicted octanol–water partition coefficient (Wildman–Crippen LogP) is 13.5. The third-order valence-corrected chi connectivity index (χ3v) is 11.5. The fourth-order valence-corrected chi connectivity index (χ4v) is 8.91. The summed E-state index contributed by atoms with van der Waals surface area (Å²) in [7, 11) is 0. The summed E-state index contributed by atoms with van der Waals surface area (Å²) in [6.07, 6.45) is 0. The highest BCUT2D eigenvalue weighted by Gasteiger charge is 2.21. The van der Waals surface area contributed by atoms with Gasteiger partial charge >= 0.3 is 0 Å². The summed E-state index contributed by atoms with van der Waals surface area (Å²) >= 11 is 0. The van der Waals surface area contributed by atoms with E-state index in [9.17, 15) is 0 Å². The van der Waals surface area contributed by atoms with Crippen LogP contribution in [0.2, 0.25) is 0 Å². The zero-order chi connectivity index (χ0) is 36.7. The van der Waals surface area contributed by atoms with Gasteiger partial charge in [0.2, 0.25) is 5.95 Å². The summed E-state index contributed by atoms with van der Waals surface area (Å²) in [4.78, 5) is 10.8. The van der Waals surface area contributed by atoms with Crippen LogP contribution in [-0.2, 0) is 0 Å². The molecule has 0 amide bonds. The van der Waals surface area contributed by atoms with E-state index < -0.39 is 0 Å². The van der Waals surface area contributed by atoms with Crippen molar-refractivity contribution >= 4 is 76.1 Å². The van der Waals surface area contributed by atoms with Crippen molar-refractivity contribution in [2.45, 2.75) is 0 Å². The van der Waals surface area contributed by atoms with Gasteiger partial charge in [-0.3, -0.25) is 4.57 Å². The lowest BCUT2D eigenvalue weighted by Crippen LogP contribution is -2.03. The van der Waals surface area contributed by atoms with Crippen LogP contribution < -0.4 is 0 Å². The van der Waals surface area contributed by atoms with E-state index >= 15 is 0 Å². The summed E-state index contributed by atoms with van der Waals surface area (Å²) in [5.41, 5.74) is 10.8. The number of nitrogens with zero attached hydrogens (tertiary/aromatic N) is 4. The second kappa shape index (κ2) is 12.0. The third kappa shape index (κ3) is 4.60. The zero-order valence-electron chi connectivity index (χ0n) is 30.3. The molecule has 0 fully saturated rings. The average molecular weight is 713 g/mol. The maximum atomic E-state index is 5.53. The molecule has 0 aliphatic heterocycles. The minimum Gasteiger partial charge on any atom is -0.309 e. The van der Waals surface area contributed by atoms with E-state index in [0.29, 0.717) is 5.95 Å². The van der Waals surface area contributed by atoms with Gasteiger partial charge in [0.1, 0.15) is 0 Å². The molecule has 0 atom stereocenters. The molecule has 3 heterocycles. The number of fused-ring (bicyclic) bond motifs is 10. The third-order valence-electron chi connectivity index (χ3n) is 11.5. The Morgan fingerprint density at radius 3 is 1.80 bits per heavy atom. The van der Waals surface area contributed by atoms with E-state index in [1.807, 2.05) is 0 Å². The average Bonchev–Trinajstić information content (AvgIpc) is 3.77. The Kier molecular flexibility index (Phi) is 6.60. The molecule has 0 saturated heterocycles. The van der Waals surface area contributed by atoms with E-state index in [2.05, 4.69) is 203 Å². The van der Waals surface area contributed by atoms with Crippen LogP contribution in [0.3, 0.4) is 0 Å². The Hall–Kier alpha value is -7.56. The van der Waals surface area contributed by atoms with Gasteiger partial charge in [0.15, 0.2) is 0 Å². The standard InChI is InChI=1S/C52H32N4/c1-3-13-33(14-4-1)37-25-27-46-43(30-37)44-29-35-16-7-8-17-36(35)31-49(44)56(46)52-53-45-22-12-11-21-41(45)51(54-52)38-23-26-42-48(32-38)55(39-18-5-2-6-19-39)47-28-24-34-15-9-10-20-40(34)50(42)47/h1-32H. The lowest BCUT2D eigenvalue weighted by Gasteiger charge is -2.13. The molecule has 4 nitrogen and oxygen atoms in total. The summed E-state index contributed by atoms with van der Waals surface area (Å²) in [5.74, 6) is 0.649. The van der Waals surface area contributed by atoms with Gasteiger partial charge in [0, 0.05) is 38.2 Å². The van der Waals surface area contributed by atoms with Gasteiger partial charge in [0.05, 0.1) is 33.3 Å². The Morgan fingerprint density at radius 1 is 0.321 bits per heavy atom. The summed E-state index contributed by atoms with van der Waals surface area (Å²) in [6.45, 7) is 0. The molecule has 0 radical (unpaired) electrons. The van der Waals surface area contributed by atoms with E-state index in [1.54, 1.807) is 0 Å². The molecule has 260 valence electrons. The van der Waals surface area contributed by atoms with E-state index in [-0.39, 0.29) is 0 Å². The molecule has 0 unspecified atom stereocenters. The van der Waals surface area contributed by atoms with Gasteiger partial charge in [0.25, 0.3) is 0 Å². The molecule has 9 aromatic carbocycles. The van der Waals surface area contributed by atoms with Crippen molar-refractivity contribution in [3.05, 3.63) is 194 Å². The van der Waals surface area contributed by atoms with Crippen LogP contribution in [0.25, 0.3) is 110 Å². The molecule has 0 spiro atoms. The van der Waals surface area contributed by atoms with Crippen LogP contribution in [0.4, 0.5) is 0 Å². The fraction of sp³-hybridized carbons (Fsp3) is 0. The molecule has 0 N–H and O–H groups in total. The van der Waals surface area contributed by atoms with Gasteiger partial charge in [-0.15, -0.1) is 0 Å². The van der Waals surface area contributed by atoms with Gasteiger partial charge in [-0.2, -0.15) is 0 Å². The number of benzene rings is 9. The maximum Gasteiger partial charge on any atom is 0.235 e. The Bertz CT molecular complexity index is 3520. The van der Waals surface area contributed by atoms with Crippen molar-refractivity contribution in [3.8, 4) is 34.0 Å². The minimum atomic E-state index is 0.649. The monoisotopic (exact) mass is 712 g/mol. The van der Waals surface area contributed by atoms with E-state index in [0.717, 1.165) is 44.4 Å². The smallest absolute Gasteiger partial charge is 0.235 e. The fourth-order valence-electron chi connectivity index (χ4n) is 8.91. The predicted molar refractivity (Wildman–Crippen MR) is 234 cm³/mol. The molecule has 3 aromatic heterocycles. The number of rotatable bonds is 4. The molecule has 4 heteroatoms. The number of aromatic nitrogens is 4. The highest BCUT2D eigenvalue weighted by Crippen LogP contribution is 2.41. The SMILES string of the molecule is c1ccc(-c2ccc3c(c2)c2cc4ccccc4cc2n3-c2nc(-c3ccc4c5c6ccccc6ccc5n(-c5ccccc5)c4c3)c3ccccc3n2)cc1. The van der Waals surface area contributed by atoms with Crippen molar-refractivity contribution in [1.29, 1.82) is 0 Å². The molecule has 12 aromatic rings. The van der Waals surface area contributed by atoms with Crippen molar-refractivity contribution in [2.24, 2.45) is 0 Å². The first kappa shape index (κ1) is 30.9. The van der Waals surface area contributed by atoms with Crippen LogP contribution in [0.5, 0.6) is 0 Å². The first-order valence-corrected chi connectivity index (χ1v) is 19.1. The quantitative estimate of drug-likeness (QED) is 0.182. The van der Waals surface area contributed by atoms with Crippen LogP contribution in [0, 0.1) is 0 Å². The molecule has 12 rings (SSSR count). The first-order chi connectivity index (χ1) is 27.8. The Morgan fingerprint density at radius 2 is 0.964 bits per heavy atom. The second-order valence-electron chi connectivity index (χ2n) is 14.6. The molecule has 0 bridgehead atoms. The largest absolute Gasteiger partial charge is 0.309 e. The highest BCUT2D eigenvalue weighted by atomic mass is 15.2. The topological polar surface area (TPSA) is 35.6 Å². The van der Waals surface area contributed by atoms with Gasteiger partial charge in [-0.25, -0.2) is 9.97 Å². The van der Waals surface area contributed by atoms with Crippen molar-refractivity contribution in [1.82, 2.24) is 19.1 Å². The van der Waals surface area contributed by atoms with Gasteiger partial charge in [-0.1, -0.05) is 140 Å². The van der Waals surface area contributed by atoms with Gasteiger partial charge in [-0.05, 0) is 87.3 Å². The van der Waals surface area contributed by atoms with Crippen LogP contribution >= 0.6 is 0 Å². The molecule has 0 aliphatic rings. The summed E-state index contributed by atoms with van der Waals surface area (Å²) in [5, 5.41) is 10.7. The molecule has 0 saturated carbocycles. The van der Waals surface area contributed by atoms with E-state index in [1.165, 1.54) is 59.7 Å². The number of hydrogen-bond donors (Lipinski definition) is 0. The number of para-hydroxylation sites is 2. The summed E-state index contributed by atoms with van der Waals surface area (Å²) in [6, 6.07) is 69.7. The van der Waals surface area contributed by atoms with Crippen LogP contribution in [0.15, 0.2) is 194 Å². The van der Waals surface area contributed by atoms with Crippen LogP contribution in [0.1, 0.15) is 0 Å². The maximum absolute atomic E-state index is 5.53. The second-order valence-corrected chi connectivity index (χ2v) is 14.6. The minimum absolute atomic E-state index is 0.649. The van der Waals surface area contributed by atoms with Crippen molar-refractivity contribution in [2.75, 3.05) is 0 Å². The molecular formula is C52H32N4. The normalized spacial score (nSPS) is 11.9. The van der Waals surface area contributed by atoms with Crippen molar-refractivity contribution in [3.63, 3.8) is 0 Å². The van der Waals surface area contributed by atoms with Gasteiger partial charge < -0.3 is 4.57 Å². The summed E-state index contributed by atoms with van der Waals surface area (Å²) < 4.78 is 4.65. The lowest BCUT2D eigenvalue weighted by molar-refractivity contribution is 1.01. The molecule has 0 aliphatic carbocycles. The Labute approximate surface area is 322 Å². The zero-order valence-corrected chi connectivity index (χ0v) is 30.3.